The van der Waals surface area contributed by atoms with Gasteiger partial charge in [-0.3, -0.25) is 4.79 Å². The standard InChI is InChI=1S/C16H16N2O4S/c19-16-8-9-22-15-7-6-13(10-14(15)18-16)23(20,21)17-11-12-4-2-1-3-5-12/h1-7,10,17H,8-9,11H2,(H,18,19). The summed E-state index contributed by atoms with van der Waals surface area (Å²) in [6.07, 6.45) is 0.239. The van der Waals surface area contributed by atoms with E-state index in [0.29, 0.717) is 11.4 Å². The number of nitrogens with one attached hydrogen (secondary N) is 2. The highest BCUT2D eigenvalue weighted by molar-refractivity contribution is 7.89. The van der Waals surface area contributed by atoms with Crippen molar-refractivity contribution in [3.63, 3.8) is 0 Å². The number of carbonyl (C=O) groups is 1. The van der Waals surface area contributed by atoms with Gasteiger partial charge in [0.1, 0.15) is 5.75 Å². The van der Waals surface area contributed by atoms with Crippen molar-refractivity contribution < 1.29 is 17.9 Å². The predicted octanol–water partition coefficient (Wildman–Crippen LogP) is 1.89. The number of hydrogen-bond donors (Lipinski definition) is 2. The zero-order chi connectivity index (χ0) is 16.3. The van der Waals surface area contributed by atoms with E-state index in [4.69, 9.17) is 4.74 Å². The van der Waals surface area contributed by atoms with Crippen LogP contribution in [0.2, 0.25) is 0 Å². The molecule has 7 heteroatoms. The summed E-state index contributed by atoms with van der Waals surface area (Å²) in [5, 5.41) is 2.65. The molecule has 0 unspecified atom stereocenters. The molecule has 1 heterocycles. The van der Waals surface area contributed by atoms with Crippen LogP contribution < -0.4 is 14.8 Å². The summed E-state index contributed by atoms with van der Waals surface area (Å²) in [7, 11) is -3.68. The van der Waals surface area contributed by atoms with Gasteiger partial charge in [-0.25, -0.2) is 13.1 Å². The van der Waals surface area contributed by atoms with Crippen LogP contribution in [0.4, 0.5) is 5.69 Å². The quantitative estimate of drug-likeness (QED) is 0.895. The van der Waals surface area contributed by atoms with E-state index in [1.165, 1.54) is 12.1 Å². The molecule has 0 bridgehead atoms. The van der Waals surface area contributed by atoms with Gasteiger partial charge in [-0.15, -0.1) is 0 Å². The van der Waals surface area contributed by atoms with Crippen molar-refractivity contribution in [1.82, 2.24) is 4.72 Å². The predicted molar refractivity (Wildman–Crippen MR) is 85.7 cm³/mol. The smallest absolute Gasteiger partial charge is 0.240 e. The summed E-state index contributed by atoms with van der Waals surface area (Å²) in [5.74, 6) is 0.272. The molecule has 120 valence electrons. The van der Waals surface area contributed by atoms with Crippen LogP contribution in [-0.2, 0) is 21.4 Å². The summed E-state index contributed by atoms with van der Waals surface area (Å²) in [6.45, 7) is 0.473. The Balaban J connectivity index is 1.81. The Morgan fingerprint density at radius 3 is 2.70 bits per heavy atom. The van der Waals surface area contributed by atoms with Crippen molar-refractivity contribution in [2.45, 2.75) is 17.9 Å². The van der Waals surface area contributed by atoms with E-state index in [1.54, 1.807) is 6.07 Å². The average Bonchev–Trinajstić information content (AvgIpc) is 2.74. The minimum Gasteiger partial charge on any atom is -0.491 e. The van der Waals surface area contributed by atoms with Crippen LogP contribution in [0.1, 0.15) is 12.0 Å². The van der Waals surface area contributed by atoms with E-state index >= 15 is 0 Å². The third-order valence-electron chi connectivity index (χ3n) is 3.43. The minimum absolute atomic E-state index is 0.0815. The molecule has 0 radical (unpaired) electrons. The Morgan fingerprint density at radius 2 is 1.91 bits per heavy atom. The Labute approximate surface area is 134 Å². The molecule has 23 heavy (non-hydrogen) atoms. The van der Waals surface area contributed by atoms with Gasteiger partial charge in [-0.2, -0.15) is 0 Å². The Hall–Kier alpha value is -2.38. The molecule has 1 amide bonds. The van der Waals surface area contributed by atoms with E-state index < -0.39 is 10.0 Å². The Morgan fingerprint density at radius 1 is 1.13 bits per heavy atom. The van der Waals surface area contributed by atoms with Crippen molar-refractivity contribution in [3.05, 3.63) is 54.1 Å². The minimum atomic E-state index is -3.68. The lowest BCUT2D eigenvalue weighted by atomic mass is 10.2. The van der Waals surface area contributed by atoms with Crippen LogP contribution in [0.5, 0.6) is 5.75 Å². The molecule has 3 rings (SSSR count). The fourth-order valence-electron chi connectivity index (χ4n) is 2.22. The lowest BCUT2D eigenvalue weighted by Gasteiger charge is -2.11. The van der Waals surface area contributed by atoms with E-state index in [2.05, 4.69) is 10.0 Å². The first-order valence-electron chi connectivity index (χ1n) is 7.15. The van der Waals surface area contributed by atoms with Crippen LogP contribution in [0.3, 0.4) is 0 Å². The summed E-state index contributed by atoms with van der Waals surface area (Å²) >= 11 is 0. The van der Waals surface area contributed by atoms with Crippen LogP contribution in [0.25, 0.3) is 0 Å². The fourth-order valence-corrected chi connectivity index (χ4v) is 3.27. The molecule has 2 aromatic rings. The maximum atomic E-state index is 12.4. The van der Waals surface area contributed by atoms with E-state index in [0.717, 1.165) is 5.56 Å². The maximum Gasteiger partial charge on any atom is 0.240 e. The maximum absolute atomic E-state index is 12.4. The number of fused-ring (bicyclic) bond motifs is 1. The topological polar surface area (TPSA) is 84.5 Å². The molecular weight excluding hydrogens is 316 g/mol. The largest absolute Gasteiger partial charge is 0.491 e. The number of sulfonamides is 1. The van der Waals surface area contributed by atoms with E-state index in [9.17, 15) is 13.2 Å². The zero-order valence-corrected chi connectivity index (χ0v) is 13.1. The summed E-state index contributed by atoms with van der Waals surface area (Å²) < 4.78 is 32.7. The highest BCUT2D eigenvalue weighted by atomic mass is 32.2. The second kappa shape index (κ2) is 6.39. The van der Waals surface area contributed by atoms with E-state index in [1.807, 2.05) is 30.3 Å². The lowest BCUT2D eigenvalue weighted by molar-refractivity contribution is -0.116. The van der Waals surface area contributed by atoms with Crippen molar-refractivity contribution in [3.8, 4) is 5.75 Å². The zero-order valence-electron chi connectivity index (χ0n) is 12.3. The molecule has 2 N–H and O–H groups in total. The van der Waals surface area contributed by atoms with Crippen LogP contribution in [0.15, 0.2) is 53.4 Å². The third-order valence-corrected chi connectivity index (χ3v) is 4.83. The Kier molecular flexibility index (Phi) is 4.31. The van der Waals surface area contributed by atoms with Gasteiger partial charge in [-0.05, 0) is 23.8 Å². The van der Waals surface area contributed by atoms with Crippen molar-refractivity contribution >= 4 is 21.6 Å². The molecule has 0 saturated carbocycles. The highest BCUT2D eigenvalue weighted by Gasteiger charge is 2.19. The van der Waals surface area contributed by atoms with Gasteiger partial charge in [0.2, 0.25) is 15.9 Å². The molecule has 1 aliphatic rings. The summed E-state index contributed by atoms with van der Waals surface area (Å²) in [6, 6.07) is 13.7. The van der Waals surface area contributed by atoms with Gasteiger partial charge < -0.3 is 10.1 Å². The number of carbonyl (C=O) groups excluding carboxylic acids is 1. The molecule has 2 aromatic carbocycles. The highest BCUT2D eigenvalue weighted by Crippen LogP contribution is 2.29. The first-order chi connectivity index (χ1) is 11.0. The first-order valence-corrected chi connectivity index (χ1v) is 8.63. The van der Waals surface area contributed by atoms with Gasteiger partial charge in [-0.1, -0.05) is 30.3 Å². The first kappa shape index (κ1) is 15.5. The molecule has 0 aromatic heterocycles. The fraction of sp³-hybridized carbons (Fsp3) is 0.188. The normalized spacial score (nSPS) is 14.3. The van der Waals surface area contributed by atoms with E-state index in [-0.39, 0.29) is 30.4 Å². The van der Waals surface area contributed by atoms with Gasteiger partial charge in [0.15, 0.2) is 0 Å². The molecule has 0 aliphatic carbocycles. The number of anilines is 1. The van der Waals surface area contributed by atoms with Gasteiger partial charge in [0, 0.05) is 6.54 Å². The van der Waals surface area contributed by atoms with Crippen molar-refractivity contribution in [2.75, 3.05) is 11.9 Å². The Bertz CT molecular complexity index is 819. The van der Waals surface area contributed by atoms with Crippen LogP contribution in [0, 0.1) is 0 Å². The number of ether oxygens (including phenoxy) is 1. The average molecular weight is 332 g/mol. The summed E-state index contributed by atoms with van der Waals surface area (Å²) in [5.41, 5.74) is 1.23. The second-order valence-electron chi connectivity index (χ2n) is 5.11. The molecule has 0 spiro atoms. The molecule has 0 atom stereocenters. The van der Waals surface area contributed by atoms with Gasteiger partial charge in [0.25, 0.3) is 0 Å². The third kappa shape index (κ3) is 3.69. The SMILES string of the molecule is O=C1CCOc2ccc(S(=O)(=O)NCc3ccccc3)cc2N1. The molecule has 1 aliphatic heterocycles. The lowest BCUT2D eigenvalue weighted by Crippen LogP contribution is -2.23. The molecular formula is C16H16N2O4S. The number of rotatable bonds is 4. The van der Waals surface area contributed by atoms with Gasteiger partial charge >= 0.3 is 0 Å². The van der Waals surface area contributed by atoms with Crippen LogP contribution in [-0.4, -0.2) is 20.9 Å². The van der Waals surface area contributed by atoms with Crippen molar-refractivity contribution in [2.24, 2.45) is 0 Å². The summed E-state index contributed by atoms with van der Waals surface area (Å²) in [4.78, 5) is 11.6. The molecule has 6 nitrogen and oxygen atoms in total. The number of hydrogen-bond acceptors (Lipinski definition) is 4. The second-order valence-corrected chi connectivity index (χ2v) is 6.88. The van der Waals surface area contributed by atoms with Gasteiger partial charge in [0.05, 0.1) is 23.6 Å². The van der Waals surface area contributed by atoms with Crippen LogP contribution >= 0.6 is 0 Å². The van der Waals surface area contributed by atoms with Crippen molar-refractivity contribution in [1.29, 1.82) is 0 Å². The number of benzene rings is 2. The molecule has 0 saturated heterocycles. The monoisotopic (exact) mass is 332 g/mol. The number of amides is 1. The molecule has 0 fully saturated rings.